The summed E-state index contributed by atoms with van der Waals surface area (Å²) in [6, 6.07) is 20.7. The zero-order valence-corrected chi connectivity index (χ0v) is 20.9. The van der Waals surface area contributed by atoms with Gasteiger partial charge < -0.3 is 9.31 Å². The fourth-order valence-corrected chi connectivity index (χ4v) is 4.47. The van der Waals surface area contributed by atoms with Crippen LogP contribution in [-0.4, -0.2) is 27.9 Å². The van der Waals surface area contributed by atoms with Gasteiger partial charge in [-0.15, -0.1) is 0 Å². The van der Waals surface area contributed by atoms with Gasteiger partial charge in [0.05, 0.1) is 39.5 Å². The monoisotopic (exact) mass is 451 g/mol. The lowest BCUT2D eigenvalue weighted by Crippen LogP contribution is -2.41. The largest absolute Gasteiger partial charge is 0.514 e. The summed E-state index contributed by atoms with van der Waals surface area (Å²) in [4.78, 5) is 4.99. The van der Waals surface area contributed by atoms with Gasteiger partial charge in [-0.2, -0.15) is 5.26 Å². The molecule has 0 N–H and O–H groups in total. The molecule has 0 aliphatic carbocycles. The van der Waals surface area contributed by atoms with Crippen molar-refractivity contribution in [2.75, 3.05) is 0 Å². The molecule has 5 nitrogen and oxygen atoms in total. The number of nitrogens with zero attached hydrogens (tertiary/aromatic N) is 3. The molecular weight excluding hydrogens is 421 g/mol. The smallest absolute Gasteiger partial charge is 0.398 e. The lowest BCUT2D eigenvalue weighted by atomic mass is 9.84. The minimum atomic E-state index is -0.532. The first-order valence-corrected chi connectivity index (χ1v) is 11.7. The average Bonchev–Trinajstić information content (AvgIpc) is 3.22. The molecule has 1 fully saturated rings. The summed E-state index contributed by atoms with van der Waals surface area (Å²) in [5, 5.41) is 11.7. The molecule has 0 amide bonds. The SMILES string of the molecule is CC(C)(C)c1ccc2c(c1)c1cc(C#N)ccc1n2-c1cccc(B2OC(C)(C)C(C)(C)O2)n1. The number of hydrogen-bond donors (Lipinski definition) is 0. The number of benzene rings is 2. The summed E-state index contributed by atoms with van der Waals surface area (Å²) in [7, 11) is -0.532. The molecule has 0 unspecified atom stereocenters. The first-order valence-electron chi connectivity index (χ1n) is 11.7. The number of pyridine rings is 1. The Hall–Kier alpha value is -3.14. The third-order valence-electron chi connectivity index (χ3n) is 7.24. The summed E-state index contributed by atoms with van der Waals surface area (Å²) >= 11 is 0. The first kappa shape index (κ1) is 22.6. The van der Waals surface area contributed by atoms with Crippen LogP contribution in [0, 0.1) is 11.3 Å². The number of hydrogen-bond acceptors (Lipinski definition) is 4. The summed E-state index contributed by atoms with van der Waals surface area (Å²) < 4.78 is 14.7. The van der Waals surface area contributed by atoms with Gasteiger partial charge in [-0.1, -0.05) is 32.9 Å². The van der Waals surface area contributed by atoms with E-state index in [1.807, 2.05) is 64.1 Å². The van der Waals surface area contributed by atoms with Gasteiger partial charge in [-0.05, 0) is 81.1 Å². The van der Waals surface area contributed by atoms with Crippen LogP contribution in [0.5, 0.6) is 0 Å². The van der Waals surface area contributed by atoms with Crippen molar-refractivity contribution in [2.45, 2.75) is 65.1 Å². The molecule has 0 spiro atoms. The first-order chi connectivity index (χ1) is 15.9. The van der Waals surface area contributed by atoms with Gasteiger partial charge in [-0.3, -0.25) is 4.57 Å². The van der Waals surface area contributed by atoms with E-state index in [0.717, 1.165) is 33.2 Å². The van der Waals surface area contributed by atoms with Gasteiger partial charge in [0.25, 0.3) is 0 Å². The zero-order valence-electron chi connectivity index (χ0n) is 20.9. The molecule has 3 heterocycles. The van der Waals surface area contributed by atoms with Crippen LogP contribution in [0.15, 0.2) is 54.6 Å². The topological polar surface area (TPSA) is 60.1 Å². The molecule has 6 heteroatoms. The van der Waals surface area contributed by atoms with Crippen molar-refractivity contribution in [3.63, 3.8) is 0 Å². The highest BCUT2D eigenvalue weighted by Crippen LogP contribution is 2.37. The van der Waals surface area contributed by atoms with Crippen LogP contribution in [0.4, 0.5) is 0 Å². The second-order valence-corrected chi connectivity index (χ2v) is 11.2. The second kappa shape index (κ2) is 7.43. The van der Waals surface area contributed by atoms with Crippen LogP contribution in [0.1, 0.15) is 59.6 Å². The fourth-order valence-electron chi connectivity index (χ4n) is 4.47. The molecule has 2 aromatic carbocycles. The van der Waals surface area contributed by atoms with Crippen LogP contribution in [0.25, 0.3) is 27.6 Å². The van der Waals surface area contributed by atoms with E-state index < -0.39 is 18.3 Å². The summed E-state index contributed by atoms with van der Waals surface area (Å²) in [5.74, 6) is 0.792. The minimum Gasteiger partial charge on any atom is -0.398 e. The summed E-state index contributed by atoms with van der Waals surface area (Å²) in [5.41, 5.74) is 3.86. The van der Waals surface area contributed by atoms with Crippen LogP contribution in [0.2, 0.25) is 0 Å². The van der Waals surface area contributed by atoms with Crippen molar-refractivity contribution in [3.8, 4) is 11.9 Å². The van der Waals surface area contributed by atoms with Crippen molar-refractivity contribution in [2.24, 2.45) is 0 Å². The van der Waals surface area contributed by atoms with Crippen molar-refractivity contribution in [1.82, 2.24) is 9.55 Å². The van der Waals surface area contributed by atoms with Crippen molar-refractivity contribution < 1.29 is 9.31 Å². The fraction of sp³-hybridized carbons (Fsp3) is 0.357. The molecule has 1 aliphatic rings. The molecule has 2 aromatic heterocycles. The van der Waals surface area contributed by atoms with Gasteiger partial charge in [-0.25, -0.2) is 4.98 Å². The molecule has 0 bridgehead atoms. The Morgan fingerprint density at radius 2 is 1.50 bits per heavy atom. The van der Waals surface area contributed by atoms with Crippen LogP contribution < -0.4 is 5.59 Å². The van der Waals surface area contributed by atoms with Gasteiger partial charge >= 0.3 is 7.12 Å². The van der Waals surface area contributed by atoms with Crippen LogP contribution in [0.3, 0.4) is 0 Å². The Balaban J connectivity index is 1.72. The summed E-state index contributed by atoms with van der Waals surface area (Å²) in [6.07, 6.45) is 0. The highest BCUT2D eigenvalue weighted by Gasteiger charge is 2.52. The Labute approximate surface area is 201 Å². The average molecular weight is 451 g/mol. The Morgan fingerprint density at radius 1 is 0.882 bits per heavy atom. The van der Waals surface area contributed by atoms with E-state index in [1.165, 1.54) is 5.56 Å². The van der Waals surface area contributed by atoms with E-state index in [4.69, 9.17) is 14.3 Å². The van der Waals surface area contributed by atoms with Gasteiger partial charge in [0.2, 0.25) is 0 Å². The van der Waals surface area contributed by atoms with Gasteiger partial charge in [0.15, 0.2) is 0 Å². The highest BCUT2D eigenvalue weighted by molar-refractivity contribution is 6.61. The van der Waals surface area contributed by atoms with Crippen molar-refractivity contribution in [1.29, 1.82) is 5.26 Å². The van der Waals surface area contributed by atoms with E-state index in [9.17, 15) is 5.26 Å². The van der Waals surface area contributed by atoms with Crippen molar-refractivity contribution >= 4 is 34.5 Å². The molecule has 4 aromatic rings. The predicted octanol–water partition coefficient (Wildman–Crippen LogP) is 5.65. The maximum absolute atomic E-state index is 9.52. The van der Waals surface area contributed by atoms with Crippen LogP contribution >= 0.6 is 0 Å². The lowest BCUT2D eigenvalue weighted by molar-refractivity contribution is 0.00578. The van der Waals surface area contributed by atoms with Crippen molar-refractivity contribution in [3.05, 3.63) is 65.7 Å². The third kappa shape index (κ3) is 3.51. The van der Waals surface area contributed by atoms with E-state index in [2.05, 4.69) is 49.6 Å². The van der Waals surface area contributed by atoms with Gasteiger partial charge in [0, 0.05) is 10.8 Å². The number of nitriles is 1. The highest BCUT2D eigenvalue weighted by atomic mass is 16.7. The Kier molecular flexibility index (Phi) is 4.95. The maximum Gasteiger partial charge on any atom is 0.514 e. The predicted molar refractivity (Wildman–Crippen MR) is 138 cm³/mol. The van der Waals surface area contributed by atoms with E-state index in [0.29, 0.717) is 5.56 Å². The molecule has 1 saturated heterocycles. The van der Waals surface area contributed by atoms with Crippen LogP contribution in [-0.2, 0) is 14.7 Å². The quantitative estimate of drug-likeness (QED) is 0.370. The molecule has 5 rings (SSSR count). The number of fused-ring (bicyclic) bond motifs is 3. The molecule has 0 atom stereocenters. The molecule has 0 radical (unpaired) electrons. The lowest BCUT2D eigenvalue weighted by Gasteiger charge is -2.32. The maximum atomic E-state index is 9.52. The minimum absolute atomic E-state index is 0.0182. The van der Waals surface area contributed by atoms with E-state index in [1.54, 1.807) is 0 Å². The Bertz CT molecular complexity index is 1460. The molecule has 1 aliphatic heterocycles. The standard InChI is InChI=1S/C28H30BN3O2/c1-26(2,3)19-12-14-23-21(16-19)20-15-18(17-30)11-13-22(20)32(23)25-10-8-9-24(31-25)29-33-27(4,5)28(6,7)34-29/h8-16H,1-7H3. The third-order valence-corrected chi connectivity index (χ3v) is 7.24. The molecular formula is C28H30BN3O2. The number of aromatic nitrogens is 2. The Morgan fingerprint density at radius 3 is 2.12 bits per heavy atom. The molecule has 34 heavy (non-hydrogen) atoms. The van der Waals surface area contributed by atoms with E-state index >= 15 is 0 Å². The molecule has 172 valence electrons. The normalized spacial score (nSPS) is 17.4. The van der Waals surface area contributed by atoms with Gasteiger partial charge in [0.1, 0.15) is 5.82 Å². The zero-order chi connectivity index (χ0) is 24.5. The summed E-state index contributed by atoms with van der Waals surface area (Å²) in [6.45, 7) is 14.8. The number of rotatable bonds is 2. The second-order valence-electron chi connectivity index (χ2n) is 11.2. The molecule has 0 saturated carbocycles. The van der Waals surface area contributed by atoms with E-state index in [-0.39, 0.29) is 5.41 Å².